The molecule has 0 saturated heterocycles. The maximum atomic E-state index is 2.97. The Kier molecular flexibility index (Phi) is 1.82. The first kappa shape index (κ1) is 4.72. The largest absolute Gasteiger partial charge is 0.0969 e. The molecule has 1 aliphatic heterocycles. The number of thioether (sulfide) groups is 1. The molecule has 0 aliphatic carbocycles. The molecule has 0 fully saturated rings. The Morgan fingerprint density at radius 2 is 2.14 bits per heavy atom. The molecule has 7 heavy (non-hydrogen) atoms. The fourth-order valence-electron chi connectivity index (χ4n) is 0.322. The Morgan fingerprint density at radius 3 is 3.14 bits per heavy atom. The van der Waals surface area contributed by atoms with Gasteiger partial charge in [0.1, 0.15) is 0 Å². The van der Waals surface area contributed by atoms with Gasteiger partial charge in [-0.15, -0.1) is 0 Å². The second kappa shape index (κ2) is 2.69. The van der Waals surface area contributed by atoms with E-state index >= 15 is 0 Å². The average molecular weight is 109 g/mol. The van der Waals surface area contributed by atoms with E-state index in [0.717, 1.165) is 0 Å². The van der Waals surface area contributed by atoms with Crippen LogP contribution in [-0.2, 0) is 0 Å². The second-order valence-corrected chi connectivity index (χ2v) is 1.86. The molecule has 0 amide bonds. The van der Waals surface area contributed by atoms with Crippen LogP contribution in [-0.4, -0.2) is 0 Å². The first-order valence-corrected chi connectivity index (χ1v) is 2.94. The second-order valence-electron chi connectivity index (χ2n) is 1.12. The van der Waals surface area contributed by atoms with E-state index in [9.17, 15) is 0 Å². The summed E-state index contributed by atoms with van der Waals surface area (Å²) < 4.78 is 0. The van der Waals surface area contributed by atoms with E-state index in [-0.39, 0.29) is 0 Å². The minimum Gasteiger partial charge on any atom is -0.0969 e. The summed E-state index contributed by atoms with van der Waals surface area (Å²) in [6.45, 7) is 0. The molecule has 1 radical (unpaired) electrons. The van der Waals surface area contributed by atoms with Crippen molar-refractivity contribution in [1.82, 2.24) is 0 Å². The molecule has 1 heterocycles. The van der Waals surface area contributed by atoms with Crippen LogP contribution in [0.1, 0.15) is 0 Å². The van der Waals surface area contributed by atoms with Crippen LogP contribution in [0, 0.1) is 5.41 Å². The first-order chi connectivity index (χ1) is 3.50. The van der Waals surface area contributed by atoms with Gasteiger partial charge in [-0.3, -0.25) is 0 Å². The number of hydrogen-bond donors (Lipinski definition) is 0. The molecule has 0 aromatic rings. The predicted molar refractivity (Wildman–Crippen MR) is 33.7 cm³/mol. The molecular weight excluding hydrogens is 104 g/mol. The van der Waals surface area contributed by atoms with Crippen molar-refractivity contribution in [1.29, 1.82) is 0 Å². The van der Waals surface area contributed by atoms with Gasteiger partial charge in [-0.1, -0.05) is 30.0 Å². The van der Waals surface area contributed by atoms with Crippen molar-refractivity contribution >= 4 is 11.8 Å². The van der Waals surface area contributed by atoms with Crippen LogP contribution >= 0.6 is 11.8 Å². The molecule has 0 nitrogen and oxygen atoms in total. The summed E-state index contributed by atoms with van der Waals surface area (Å²) >= 11 is 1.57. The van der Waals surface area contributed by atoms with Crippen LogP contribution in [0.4, 0.5) is 0 Å². The lowest BCUT2D eigenvalue weighted by Crippen LogP contribution is -1.38. The summed E-state index contributed by atoms with van der Waals surface area (Å²) in [6, 6.07) is 0. The maximum absolute atomic E-state index is 2.97. The molecule has 0 spiro atoms. The van der Waals surface area contributed by atoms with E-state index in [2.05, 4.69) is 5.41 Å². The highest BCUT2D eigenvalue weighted by molar-refractivity contribution is 8.03. The Labute approximate surface area is 47.6 Å². The Morgan fingerprint density at radius 1 is 1.14 bits per heavy atom. The van der Waals surface area contributed by atoms with E-state index in [0.29, 0.717) is 0 Å². The van der Waals surface area contributed by atoms with Gasteiger partial charge in [0.05, 0.1) is 0 Å². The van der Waals surface area contributed by atoms with Gasteiger partial charge in [-0.2, -0.15) is 0 Å². The lowest BCUT2D eigenvalue weighted by molar-refractivity contribution is 1.96. The molecule has 0 atom stereocenters. The van der Waals surface area contributed by atoms with Gasteiger partial charge in [0.25, 0.3) is 0 Å². The zero-order valence-corrected chi connectivity index (χ0v) is 4.61. The number of rotatable bonds is 0. The maximum Gasteiger partial charge on any atom is 0.0255 e. The Bertz CT molecular complexity index is 106. The van der Waals surface area contributed by atoms with E-state index in [1.54, 1.807) is 11.8 Å². The topological polar surface area (TPSA) is 0 Å². The van der Waals surface area contributed by atoms with Crippen LogP contribution in [0.15, 0.2) is 29.7 Å². The fourth-order valence-corrected chi connectivity index (χ4v) is 0.727. The third kappa shape index (κ3) is 1.64. The molecule has 0 aromatic heterocycles. The Balaban J connectivity index is 2.60. The van der Waals surface area contributed by atoms with Gasteiger partial charge < -0.3 is 0 Å². The molecule has 1 heteroatoms. The summed E-state index contributed by atoms with van der Waals surface area (Å²) in [5, 5.41) is 4.95. The zero-order valence-electron chi connectivity index (χ0n) is 3.79. The zero-order chi connectivity index (χ0) is 4.95. The smallest absolute Gasteiger partial charge is 0.0255 e. The van der Waals surface area contributed by atoms with Crippen LogP contribution in [0.25, 0.3) is 0 Å². The van der Waals surface area contributed by atoms with Crippen molar-refractivity contribution in [2.24, 2.45) is 0 Å². The highest BCUT2D eigenvalue weighted by Crippen LogP contribution is 2.04. The Hall–Kier alpha value is -0.430. The lowest BCUT2D eigenvalue weighted by Gasteiger charge is -1.68. The van der Waals surface area contributed by atoms with E-state index in [4.69, 9.17) is 0 Å². The molecule has 1 rings (SSSR count). The molecule has 35 valence electrons. The minimum absolute atomic E-state index is 1.57. The van der Waals surface area contributed by atoms with Crippen molar-refractivity contribution in [3.05, 3.63) is 35.1 Å². The molecular formula is C6H5S. The summed E-state index contributed by atoms with van der Waals surface area (Å²) in [7, 11) is 0. The highest BCUT2D eigenvalue weighted by atomic mass is 32.2. The van der Waals surface area contributed by atoms with Gasteiger partial charge in [-0.05, 0) is 11.5 Å². The van der Waals surface area contributed by atoms with E-state index in [1.807, 2.05) is 29.7 Å². The van der Waals surface area contributed by atoms with Gasteiger partial charge in [0.15, 0.2) is 0 Å². The molecule has 0 N–H and O–H groups in total. The summed E-state index contributed by atoms with van der Waals surface area (Å²) in [5.74, 6) is 0. The van der Waals surface area contributed by atoms with Crippen LogP contribution in [0.2, 0.25) is 0 Å². The fraction of sp³-hybridized carbons (Fsp3) is 0. The lowest BCUT2D eigenvalue weighted by atomic mass is 10.5. The molecule has 0 unspecified atom stereocenters. The van der Waals surface area contributed by atoms with E-state index in [1.165, 1.54) is 0 Å². The summed E-state index contributed by atoms with van der Waals surface area (Å²) in [5.41, 5.74) is 0. The third-order valence-corrected chi connectivity index (χ3v) is 1.17. The van der Waals surface area contributed by atoms with E-state index < -0.39 is 0 Å². The predicted octanol–water partition coefficient (Wildman–Crippen LogP) is 2.12. The third-order valence-electron chi connectivity index (χ3n) is 0.601. The SMILES string of the molecule is [C]1=CC=CC=CS1. The van der Waals surface area contributed by atoms with Gasteiger partial charge in [0.2, 0.25) is 0 Å². The summed E-state index contributed by atoms with van der Waals surface area (Å²) in [6.07, 6.45) is 7.81. The van der Waals surface area contributed by atoms with Crippen molar-refractivity contribution in [2.45, 2.75) is 0 Å². The van der Waals surface area contributed by atoms with Crippen molar-refractivity contribution < 1.29 is 0 Å². The first-order valence-electron chi connectivity index (χ1n) is 2.06. The minimum atomic E-state index is 1.57. The van der Waals surface area contributed by atoms with Crippen molar-refractivity contribution in [3.63, 3.8) is 0 Å². The van der Waals surface area contributed by atoms with Gasteiger partial charge in [0, 0.05) is 5.41 Å². The van der Waals surface area contributed by atoms with Crippen molar-refractivity contribution in [2.75, 3.05) is 0 Å². The number of allylic oxidation sites excluding steroid dienone is 4. The van der Waals surface area contributed by atoms with Gasteiger partial charge >= 0.3 is 0 Å². The quantitative estimate of drug-likeness (QED) is 0.459. The number of hydrogen-bond acceptors (Lipinski definition) is 1. The van der Waals surface area contributed by atoms with Gasteiger partial charge in [-0.25, -0.2) is 0 Å². The average Bonchev–Trinajstić information content (AvgIpc) is 1.90. The standard InChI is InChI=1S/C6H5S/c1-2-4-6-7-5-3-1/h1-5H. The summed E-state index contributed by atoms with van der Waals surface area (Å²) in [4.78, 5) is 0. The van der Waals surface area contributed by atoms with Crippen LogP contribution in [0.3, 0.4) is 0 Å². The normalized spacial score (nSPS) is 17.1. The molecule has 0 aromatic carbocycles. The van der Waals surface area contributed by atoms with Crippen LogP contribution in [0.5, 0.6) is 0 Å². The molecule has 0 bridgehead atoms. The van der Waals surface area contributed by atoms with Crippen LogP contribution < -0.4 is 0 Å². The van der Waals surface area contributed by atoms with Crippen molar-refractivity contribution in [3.8, 4) is 0 Å². The monoisotopic (exact) mass is 109 g/mol. The highest BCUT2D eigenvalue weighted by Gasteiger charge is 1.72. The molecule has 0 saturated carbocycles. The molecule has 1 aliphatic rings.